The molecule has 0 N–H and O–H groups in total. The van der Waals surface area contributed by atoms with E-state index in [2.05, 4.69) is 112 Å². The fourth-order valence-corrected chi connectivity index (χ4v) is 4.00. The Morgan fingerprint density at radius 1 is 0.688 bits per heavy atom. The van der Waals surface area contributed by atoms with Crippen LogP contribution in [0.2, 0.25) is 0 Å². The topological polar surface area (TPSA) is 26.5 Å². The van der Waals surface area contributed by atoms with E-state index in [1.165, 1.54) is 22.3 Å². The van der Waals surface area contributed by atoms with Gasteiger partial charge in [-0.3, -0.25) is 4.99 Å². The minimum Gasteiger partial charge on any atom is -0.661 e. The Hall–Kier alpha value is -0.714. The maximum absolute atomic E-state index is 5.08. The van der Waals surface area contributed by atoms with Crippen molar-refractivity contribution in [3.05, 3.63) is 75.7 Å². The zero-order valence-electron chi connectivity index (χ0n) is 22.2. The largest absolute Gasteiger partial charge is 1.00 e. The molecule has 0 amide bonds. The number of aliphatic imine (C=N–C) groups is 1. The molecule has 0 saturated carbocycles. The van der Waals surface area contributed by atoms with Crippen molar-refractivity contribution < 1.29 is 51.4 Å². The molecule has 3 heteroatoms. The van der Waals surface area contributed by atoms with Crippen molar-refractivity contribution in [2.75, 3.05) is 0 Å². The molecule has 2 aromatic carbocycles. The van der Waals surface area contributed by atoms with Gasteiger partial charge >= 0.3 is 51.4 Å². The van der Waals surface area contributed by atoms with E-state index < -0.39 is 0 Å². The summed E-state index contributed by atoms with van der Waals surface area (Å²) in [7, 11) is 0. The molecule has 32 heavy (non-hydrogen) atoms. The van der Waals surface area contributed by atoms with Crippen LogP contribution < -0.4 is 51.4 Å². The van der Waals surface area contributed by atoms with Crippen molar-refractivity contribution in [2.24, 2.45) is 4.99 Å². The Morgan fingerprint density at radius 3 is 1.44 bits per heavy atom. The number of hydrogen-bond donors (Lipinski definition) is 0. The third-order valence-corrected chi connectivity index (χ3v) is 5.68. The third-order valence-electron chi connectivity index (χ3n) is 5.68. The van der Waals surface area contributed by atoms with Crippen LogP contribution in [0.15, 0.2) is 53.2 Å². The molecule has 2 aromatic rings. The Kier molecular flexibility index (Phi) is 12.1. The summed E-state index contributed by atoms with van der Waals surface area (Å²) in [6, 6.07) is 13.1. The van der Waals surface area contributed by atoms with Gasteiger partial charge in [0.2, 0.25) is 0 Å². The quantitative estimate of drug-likeness (QED) is 0.305. The summed E-state index contributed by atoms with van der Waals surface area (Å²) in [5, 5.41) is 5.08. The van der Waals surface area contributed by atoms with Crippen LogP contribution in [-0.4, -0.2) is 5.71 Å². The van der Waals surface area contributed by atoms with Gasteiger partial charge in [-0.1, -0.05) is 116 Å². The molecule has 0 atom stereocenters. The van der Waals surface area contributed by atoms with Crippen molar-refractivity contribution >= 4 is 17.1 Å². The zero-order valence-corrected chi connectivity index (χ0v) is 25.4. The van der Waals surface area contributed by atoms with Crippen LogP contribution in [0.4, 0.5) is 11.4 Å². The summed E-state index contributed by atoms with van der Waals surface area (Å²) >= 11 is 0. The van der Waals surface area contributed by atoms with Gasteiger partial charge < -0.3 is 5.32 Å². The van der Waals surface area contributed by atoms with Crippen LogP contribution in [0.5, 0.6) is 0 Å². The average molecular weight is 457 g/mol. The van der Waals surface area contributed by atoms with Gasteiger partial charge in [0.25, 0.3) is 0 Å². The first-order chi connectivity index (χ1) is 14.5. The average Bonchev–Trinajstić information content (AvgIpc) is 2.67. The molecule has 0 aliphatic heterocycles. The number of allylic oxidation sites excluding steroid dienone is 2. The minimum atomic E-state index is 0. The molecule has 0 unspecified atom stereocenters. The second-order valence-corrected chi connectivity index (χ2v) is 9.84. The van der Waals surface area contributed by atoms with E-state index in [0.717, 1.165) is 22.8 Å². The van der Waals surface area contributed by atoms with E-state index in [1.807, 2.05) is 0 Å². The predicted octanol–water partition coefficient (Wildman–Crippen LogP) is 6.89. The number of hydrogen-bond acceptors (Lipinski definition) is 1. The molecule has 0 aromatic heterocycles. The van der Waals surface area contributed by atoms with E-state index >= 15 is 0 Å². The van der Waals surface area contributed by atoms with Crippen molar-refractivity contribution in [1.82, 2.24) is 0 Å². The second-order valence-electron chi connectivity index (χ2n) is 9.84. The molecule has 0 fully saturated rings. The number of benzene rings is 2. The molecule has 168 valence electrons. The van der Waals surface area contributed by atoms with Gasteiger partial charge in [-0.25, -0.2) is 0 Å². The Bertz CT molecular complexity index is 897. The molecular formula is C29H41KN2. The molecule has 0 spiro atoms. The van der Waals surface area contributed by atoms with Crippen LogP contribution in [0.25, 0.3) is 5.32 Å². The summed E-state index contributed by atoms with van der Waals surface area (Å²) < 4.78 is 0. The van der Waals surface area contributed by atoms with Crippen LogP contribution >= 0.6 is 0 Å². The van der Waals surface area contributed by atoms with E-state index in [9.17, 15) is 0 Å². The van der Waals surface area contributed by atoms with E-state index in [1.54, 1.807) is 0 Å². The van der Waals surface area contributed by atoms with Crippen LogP contribution in [0, 0.1) is 0 Å². The molecule has 2 nitrogen and oxygen atoms in total. The maximum Gasteiger partial charge on any atom is 1.00 e. The summed E-state index contributed by atoms with van der Waals surface area (Å²) in [5.74, 6) is 1.75. The maximum atomic E-state index is 5.08. The molecular weight excluding hydrogens is 415 g/mol. The molecule has 0 saturated heterocycles. The van der Waals surface area contributed by atoms with Crippen LogP contribution in [0.1, 0.15) is 115 Å². The molecule has 0 aliphatic carbocycles. The number of para-hydroxylation sites is 2. The predicted molar refractivity (Wildman–Crippen MR) is 139 cm³/mol. The minimum absolute atomic E-state index is 0. The van der Waals surface area contributed by atoms with Crippen molar-refractivity contribution in [2.45, 2.75) is 92.9 Å². The van der Waals surface area contributed by atoms with Crippen molar-refractivity contribution in [3.63, 3.8) is 0 Å². The van der Waals surface area contributed by atoms with Gasteiger partial charge in [0.05, 0.1) is 5.69 Å². The Labute approximate surface area is 239 Å². The van der Waals surface area contributed by atoms with Crippen LogP contribution in [-0.2, 0) is 0 Å². The number of nitrogens with zero attached hydrogens (tertiary/aromatic N) is 2. The fraction of sp³-hybridized carbons (Fsp3) is 0.483. The molecule has 0 radical (unpaired) electrons. The van der Waals surface area contributed by atoms with Gasteiger partial charge in [0, 0.05) is 5.71 Å². The van der Waals surface area contributed by atoms with E-state index in [-0.39, 0.29) is 51.4 Å². The first kappa shape index (κ1) is 29.3. The summed E-state index contributed by atoms with van der Waals surface area (Å²) in [4.78, 5) is 5.08. The number of rotatable bonds is 8. The summed E-state index contributed by atoms with van der Waals surface area (Å²) in [6.45, 7) is 22.1. The first-order valence-corrected chi connectivity index (χ1v) is 11.7. The normalized spacial score (nSPS) is 12.7. The SMILES string of the molecule is CC(=CC(C)=Nc1c(C(C)C)cccc1C(C)C)[N-]c1c(C(C)C)cccc1C(C)C.[K+]. The smallest absolute Gasteiger partial charge is 0.661 e. The van der Waals surface area contributed by atoms with Crippen molar-refractivity contribution in [1.29, 1.82) is 0 Å². The first-order valence-electron chi connectivity index (χ1n) is 11.7. The monoisotopic (exact) mass is 456 g/mol. The van der Waals surface area contributed by atoms with Gasteiger partial charge in [0.1, 0.15) is 0 Å². The van der Waals surface area contributed by atoms with E-state index in [4.69, 9.17) is 10.3 Å². The Morgan fingerprint density at radius 2 is 1.06 bits per heavy atom. The van der Waals surface area contributed by atoms with E-state index in [0.29, 0.717) is 23.7 Å². The molecule has 2 rings (SSSR count). The summed E-state index contributed by atoms with van der Waals surface area (Å²) in [5.41, 5.74) is 9.45. The third kappa shape index (κ3) is 7.67. The Balaban J connectivity index is 0.00000512. The molecule has 0 aliphatic rings. The van der Waals surface area contributed by atoms with Gasteiger partial charge in [0.15, 0.2) is 0 Å². The van der Waals surface area contributed by atoms with Crippen LogP contribution in [0.3, 0.4) is 0 Å². The van der Waals surface area contributed by atoms with Gasteiger partial charge in [-0.2, -0.15) is 5.70 Å². The molecule has 0 bridgehead atoms. The van der Waals surface area contributed by atoms with Gasteiger partial charge in [-0.15, -0.1) is 5.69 Å². The zero-order chi connectivity index (χ0) is 23.3. The van der Waals surface area contributed by atoms with Crippen molar-refractivity contribution in [3.8, 4) is 0 Å². The summed E-state index contributed by atoms with van der Waals surface area (Å²) in [6.07, 6.45) is 2.11. The molecule has 0 heterocycles. The standard InChI is InChI=1S/C29H41N2.K/c1-18(2)24-13-11-14-25(19(3)4)28(24)30-22(9)17-23(10)31-29-26(20(5)6)15-12-16-27(29)21(7)8;/h11-21H,1-10H3;/q-1;+1. The fourth-order valence-electron chi connectivity index (χ4n) is 4.00. The second kappa shape index (κ2) is 13.2. The van der Waals surface area contributed by atoms with Gasteiger partial charge in [-0.05, 0) is 41.7 Å².